The summed E-state index contributed by atoms with van der Waals surface area (Å²) in [6.07, 6.45) is -1.15. The van der Waals surface area contributed by atoms with Crippen LogP contribution in [0.1, 0.15) is 44.1 Å². The van der Waals surface area contributed by atoms with Crippen molar-refractivity contribution in [3.8, 4) is 17.6 Å². The predicted molar refractivity (Wildman–Crippen MR) is 88.5 cm³/mol. The zero-order chi connectivity index (χ0) is 19.0. The van der Waals surface area contributed by atoms with E-state index in [0.29, 0.717) is 12.5 Å². The fourth-order valence-corrected chi connectivity index (χ4v) is 2.94. The molecule has 1 aliphatic carbocycles. The number of benzene rings is 1. The predicted octanol–water partition coefficient (Wildman–Crippen LogP) is 4.19. The summed E-state index contributed by atoms with van der Waals surface area (Å²) in [6.45, 7) is 2.19. The molecular weight excluding hydrogens is 349 g/mol. The Labute approximate surface area is 150 Å². The third kappa shape index (κ3) is 6.96. The number of rotatable bonds is 5. The van der Waals surface area contributed by atoms with Gasteiger partial charge in [0.05, 0.1) is 12.7 Å². The van der Waals surface area contributed by atoms with Gasteiger partial charge in [-0.2, -0.15) is 0 Å². The molecule has 1 aliphatic rings. The van der Waals surface area contributed by atoms with Crippen molar-refractivity contribution >= 4 is 5.97 Å². The van der Waals surface area contributed by atoms with Gasteiger partial charge in [-0.1, -0.05) is 18.1 Å². The van der Waals surface area contributed by atoms with E-state index < -0.39 is 12.3 Å². The molecule has 0 spiro atoms. The van der Waals surface area contributed by atoms with E-state index in [1.54, 1.807) is 19.1 Å². The Morgan fingerprint density at radius 3 is 2.38 bits per heavy atom. The van der Waals surface area contributed by atoms with Crippen molar-refractivity contribution in [2.45, 2.75) is 51.0 Å². The van der Waals surface area contributed by atoms with E-state index in [2.05, 4.69) is 16.6 Å². The van der Waals surface area contributed by atoms with Gasteiger partial charge in [0.25, 0.3) is 0 Å². The van der Waals surface area contributed by atoms with Gasteiger partial charge in [-0.15, -0.1) is 13.2 Å². The number of esters is 1. The van der Waals surface area contributed by atoms with Gasteiger partial charge in [0, 0.05) is 5.92 Å². The van der Waals surface area contributed by atoms with Crippen LogP contribution in [0.25, 0.3) is 0 Å². The molecule has 142 valence electrons. The zero-order valence-corrected chi connectivity index (χ0v) is 14.5. The van der Waals surface area contributed by atoms with E-state index in [-0.39, 0.29) is 18.5 Å². The molecule has 4 nitrogen and oxygen atoms in total. The van der Waals surface area contributed by atoms with E-state index >= 15 is 0 Å². The van der Waals surface area contributed by atoms with E-state index in [4.69, 9.17) is 9.47 Å². The fourth-order valence-electron chi connectivity index (χ4n) is 2.94. The van der Waals surface area contributed by atoms with Crippen LogP contribution in [-0.4, -0.2) is 31.6 Å². The molecule has 0 aromatic heterocycles. The molecule has 2 rings (SSSR count). The summed E-state index contributed by atoms with van der Waals surface area (Å²) in [6, 6.07) is 6.04. The Balaban J connectivity index is 1.75. The van der Waals surface area contributed by atoms with Gasteiger partial charge in [-0.3, -0.25) is 0 Å². The van der Waals surface area contributed by atoms with Crippen molar-refractivity contribution < 1.29 is 32.2 Å². The smallest absolute Gasteiger partial charge is 0.456 e. The summed E-state index contributed by atoms with van der Waals surface area (Å²) in [5, 5.41) is 0. The SMILES string of the molecule is CCOC(=O)C#CCO[C@H]1CC[C@H](c2ccc(OC(F)(F)F)cc2)CC1. The zero-order valence-electron chi connectivity index (χ0n) is 14.5. The van der Waals surface area contributed by atoms with Gasteiger partial charge >= 0.3 is 12.3 Å². The van der Waals surface area contributed by atoms with Gasteiger partial charge in [-0.05, 0) is 56.2 Å². The molecule has 0 heterocycles. The summed E-state index contributed by atoms with van der Waals surface area (Å²) >= 11 is 0. The lowest BCUT2D eigenvalue weighted by Crippen LogP contribution is -2.21. The second kappa shape index (κ2) is 9.48. The lowest BCUT2D eigenvalue weighted by Gasteiger charge is -2.28. The minimum atomic E-state index is -4.67. The first-order chi connectivity index (χ1) is 12.4. The van der Waals surface area contributed by atoms with Crippen LogP contribution in [0.15, 0.2) is 24.3 Å². The number of ether oxygens (including phenoxy) is 3. The molecule has 0 radical (unpaired) electrons. The maximum Gasteiger partial charge on any atom is 0.573 e. The second-order valence-corrected chi connectivity index (χ2v) is 5.92. The molecule has 0 aliphatic heterocycles. The summed E-state index contributed by atoms with van der Waals surface area (Å²) in [7, 11) is 0. The number of alkyl halides is 3. The highest BCUT2D eigenvalue weighted by Crippen LogP contribution is 2.35. The third-order valence-corrected chi connectivity index (χ3v) is 4.12. The number of hydrogen-bond donors (Lipinski definition) is 0. The lowest BCUT2D eigenvalue weighted by molar-refractivity contribution is -0.274. The molecule has 1 fully saturated rings. The molecule has 1 aromatic rings. The molecule has 0 unspecified atom stereocenters. The van der Waals surface area contributed by atoms with Crippen molar-refractivity contribution in [1.82, 2.24) is 0 Å². The first kappa shape index (κ1) is 20.1. The van der Waals surface area contributed by atoms with Gasteiger partial charge < -0.3 is 14.2 Å². The van der Waals surface area contributed by atoms with Gasteiger partial charge in [0.1, 0.15) is 12.4 Å². The average molecular weight is 370 g/mol. The molecule has 0 amide bonds. The topological polar surface area (TPSA) is 44.8 Å². The third-order valence-electron chi connectivity index (χ3n) is 4.12. The highest BCUT2D eigenvalue weighted by atomic mass is 19.4. The Bertz CT molecular complexity index is 635. The van der Waals surface area contributed by atoms with Crippen LogP contribution < -0.4 is 4.74 Å². The summed E-state index contributed by atoms with van der Waals surface area (Å²) in [4.78, 5) is 11.1. The van der Waals surface area contributed by atoms with Crippen LogP contribution in [0.5, 0.6) is 5.75 Å². The standard InChI is InChI=1S/C19H21F3O4/c1-2-24-18(23)4-3-13-25-16-9-5-14(6-10-16)15-7-11-17(12-8-15)26-19(20,21)22/h7-8,11-12,14,16H,2,5-6,9-10,13H2,1H3/t14-,16-. The van der Waals surface area contributed by atoms with Crippen LogP contribution in [0.4, 0.5) is 13.2 Å². The van der Waals surface area contributed by atoms with Gasteiger partial charge in [0.15, 0.2) is 0 Å². The Kier molecular flexibility index (Phi) is 7.34. The van der Waals surface area contributed by atoms with Crippen LogP contribution in [-0.2, 0) is 14.3 Å². The molecular formula is C19H21F3O4. The van der Waals surface area contributed by atoms with E-state index in [1.807, 2.05) is 0 Å². The molecule has 7 heteroatoms. The van der Waals surface area contributed by atoms with Crippen LogP contribution in [0.2, 0.25) is 0 Å². The Morgan fingerprint density at radius 1 is 1.15 bits per heavy atom. The van der Waals surface area contributed by atoms with Crippen molar-refractivity contribution in [3.63, 3.8) is 0 Å². The minimum absolute atomic E-state index is 0.0792. The number of carbonyl (C=O) groups excluding carboxylic acids is 1. The first-order valence-corrected chi connectivity index (χ1v) is 8.50. The molecule has 0 saturated heterocycles. The maximum absolute atomic E-state index is 12.2. The summed E-state index contributed by atoms with van der Waals surface area (Å²) < 4.78 is 50.8. The largest absolute Gasteiger partial charge is 0.573 e. The molecule has 0 atom stereocenters. The summed E-state index contributed by atoms with van der Waals surface area (Å²) in [5.74, 6) is 4.51. The first-order valence-electron chi connectivity index (χ1n) is 8.50. The quantitative estimate of drug-likeness (QED) is 0.443. The van der Waals surface area contributed by atoms with Crippen LogP contribution in [0.3, 0.4) is 0 Å². The number of carbonyl (C=O) groups is 1. The van der Waals surface area contributed by atoms with Crippen molar-refractivity contribution in [2.75, 3.05) is 13.2 Å². The average Bonchev–Trinajstić information content (AvgIpc) is 2.59. The monoisotopic (exact) mass is 370 g/mol. The van der Waals surface area contributed by atoms with Crippen molar-refractivity contribution in [1.29, 1.82) is 0 Å². The van der Waals surface area contributed by atoms with Gasteiger partial charge in [-0.25, -0.2) is 4.79 Å². The molecule has 1 saturated carbocycles. The van der Waals surface area contributed by atoms with E-state index in [0.717, 1.165) is 31.2 Å². The lowest BCUT2D eigenvalue weighted by atomic mass is 9.83. The Morgan fingerprint density at radius 2 is 1.81 bits per heavy atom. The second-order valence-electron chi connectivity index (χ2n) is 5.92. The molecule has 0 bridgehead atoms. The van der Waals surface area contributed by atoms with Crippen LogP contribution in [0, 0.1) is 11.8 Å². The Hall–Kier alpha value is -2.20. The molecule has 1 aromatic carbocycles. The van der Waals surface area contributed by atoms with E-state index in [1.165, 1.54) is 12.1 Å². The highest BCUT2D eigenvalue weighted by Gasteiger charge is 2.31. The van der Waals surface area contributed by atoms with E-state index in [9.17, 15) is 18.0 Å². The maximum atomic E-state index is 12.2. The fraction of sp³-hybridized carbons (Fsp3) is 0.526. The van der Waals surface area contributed by atoms with Crippen LogP contribution >= 0.6 is 0 Å². The summed E-state index contributed by atoms with van der Waals surface area (Å²) in [5.41, 5.74) is 1.00. The van der Waals surface area contributed by atoms with Crippen molar-refractivity contribution in [2.24, 2.45) is 0 Å². The normalized spacial score (nSPS) is 20.0. The highest BCUT2D eigenvalue weighted by molar-refractivity contribution is 5.88. The number of halogens is 3. The van der Waals surface area contributed by atoms with Gasteiger partial charge in [0.2, 0.25) is 0 Å². The minimum Gasteiger partial charge on any atom is -0.456 e. The van der Waals surface area contributed by atoms with Crippen molar-refractivity contribution in [3.05, 3.63) is 29.8 Å². The number of hydrogen-bond acceptors (Lipinski definition) is 4. The molecule has 26 heavy (non-hydrogen) atoms. The molecule has 0 N–H and O–H groups in total.